The zero-order chi connectivity index (χ0) is 14.7. The van der Waals surface area contributed by atoms with Crippen molar-refractivity contribution in [3.05, 3.63) is 40.7 Å². The third-order valence-electron chi connectivity index (χ3n) is 3.44. The average Bonchev–Trinajstić information content (AvgIpc) is 3.19. The summed E-state index contributed by atoms with van der Waals surface area (Å²) >= 11 is 0. The molecule has 0 aliphatic heterocycles. The Morgan fingerprint density at radius 3 is 2.57 bits per heavy atom. The van der Waals surface area contributed by atoms with E-state index in [1.807, 2.05) is 24.3 Å². The van der Waals surface area contributed by atoms with Crippen molar-refractivity contribution in [1.29, 1.82) is 0 Å². The van der Waals surface area contributed by atoms with E-state index in [0.717, 1.165) is 23.5 Å². The Morgan fingerprint density at radius 1 is 1.19 bits per heavy atom. The molecule has 0 radical (unpaired) electrons. The molecule has 2 aromatic rings. The molecule has 1 aromatic carbocycles. The van der Waals surface area contributed by atoms with Crippen molar-refractivity contribution in [2.45, 2.75) is 25.3 Å². The molecule has 0 spiro atoms. The molecule has 1 aromatic heterocycles. The summed E-state index contributed by atoms with van der Waals surface area (Å²) in [6, 6.07) is 9.49. The number of aromatic amines is 2. The fourth-order valence-corrected chi connectivity index (χ4v) is 2.12. The van der Waals surface area contributed by atoms with Crippen molar-refractivity contribution in [3.63, 3.8) is 0 Å². The molecule has 6 heteroatoms. The maximum atomic E-state index is 11.8. The van der Waals surface area contributed by atoms with Gasteiger partial charge >= 0.3 is 0 Å². The largest absolute Gasteiger partial charge is 0.326 e. The average molecular weight is 286 g/mol. The van der Waals surface area contributed by atoms with E-state index >= 15 is 0 Å². The Hall–Kier alpha value is -2.34. The highest BCUT2D eigenvalue weighted by molar-refractivity contribution is 5.91. The predicted molar refractivity (Wildman–Crippen MR) is 81.1 cm³/mol. The molecule has 0 bridgehead atoms. The second kappa shape index (κ2) is 5.97. The zero-order valence-electron chi connectivity index (χ0n) is 11.6. The molecule has 4 N–H and O–H groups in total. The van der Waals surface area contributed by atoms with Crippen molar-refractivity contribution in [1.82, 2.24) is 15.5 Å². The van der Waals surface area contributed by atoms with Crippen LogP contribution in [0.5, 0.6) is 0 Å². The van der Waals surface area contributed by atoms with Gasteiger partial charge in [-0.25, -0.2) is 0 Å². The quantitative estimate of drug-likeness (QED) is 0.648. The van der Waals surface area contributed by atoms with Gasteiger partial charge in [-0.15, -0.1) is 0 Å². The Balaban J connectivity index is 1.53. The molecular formula is C15H18N4O2. The highest BCUT2D eigenvalue weighted by Gasteiger charge is 2.20. The van der Waals surface area contributed by atoms with Gasteiger partial charge in [0.1, 0.15) is 0 Å². The van der Waals surface area contributed by atoms with E-state index in [9.17, 15) is 9.59 Å². The van der Waals surface area contributed by atoms with E-state index in [1.165, 1.54) is 18.9 Å². The van der Waals surface area contributed by atoms with Gasteiger partial charge in [-0.05, 0) is 30.5 Å². The minimum absolute atomic E-state index is 0.00551. The summed E-state index contributed by atoms with van der Waals surface area (Å²) < 4.78 is 0. The maximum Gasteiger partial charge on any atom is 0.264 e. The molecule has 21 heavy (non-hydrogen) atoms. The van der Waals surface area contributed by atoms with Gasteiger partial charge in [0.2, 0.25) is 5.91 Å². The number of nitrogens with one attached hydrogen (secondary N) is 4. The van der Waals surface area contributed by atoms with Gasteiger partial charge in [0.05, 0.1) is 5.69 Å². The minimum atomic E-state index is -0.162. The second-order valence-electron chi connectivity index (χ2n) is 5.28. The summed E-state index contributed by atoms with van der Waals surface area (Å²) in [5, 5.41) is 11.5. The van der Waals surface area contributed by atoms with E-state index in [0.29, 0.717) is 12.5 Å². The van der Waals surface area contributed by atoms with Crippen molar-refractivity contribution in [2.24, 2.45) is 0 Å². The number of aromatic nitrogens is 2. The molecule has 110 valence electrons. The summed E-state index contributed by atoms with van der Waals surface area (Å²) in [7, 11) is 0. The molecular weight excluding hydrogens is 268 g/mol. The smallest absolute Gasteiger partial charge is 0.264 e. The molecule has 1 saturated carbocycles. The van der Waals surface area contributed by atoms with Gasteiger partial charge in [-0.1, -0.05) is 12.1 Å². The van der Waals surface area contributed by atoms with E-state index in [4.69, 9.17) is 0 Å². The van der Waals surface area contributed by atoms with Crippen LogP contribution in [0.15, 0.2) is 35.1 Å². The second-order valence-corrected chi connectivity index (χ2v) is 5.28. The number of carbonyl (C=O) groups excluding carboxylic acids is 1. The van der Waals surface area contributed by atoms with Gasteiger partial charge in [0, 0.05) is 30.8 Å². The Labute approximate surface area is 121 Å². The van der Waals surface area contributed by atoms with Crippen LogP contribution in [-0.2, 0) is 4.79 Å². The van der Waals surface area contributed by atoms with Gasteiger partial charge < -0.3 is 10.6 Å². The first-order chi connectivity index (χ1) is 10.2. The topological polar surface area (TPSA) is 89.8 Å². The van der Waals surface area contributed by atoms with Gasteiger partial charge in [-0.3, -0.25) is 19.8 Å². The molecule has 1 fully saturated rings. The lowest BCUT2D eigenvalue weighted by Gasteiger charge is -2.06. The summed E-state index contributed by atoms with van der Waals surface area (Å²) in [4.78, 5) is 22.8. The fraction of sp³-hybridized carbons (Fsp3) is 0.333. The van der Waals surface area contributed by atoms with Crippen molar-refractivity contribution < 1.29 is 4.79 Å². The summed E-state index contributed by atoms with van der Waals surface area (Å²) in [6.07, 6.45) is 2.93. The van der Waals surface area contributed by atoms with Crippen LogP contribution in [0.1, 0.15) is 19.3 Å². The van der Waals surface area contributed by atoms with Crippen LogP contribution in [0.2, 0.25) is 0 Å². The standard InChI is InChI=1S/C15H18N4O2/c20-14(7-8-16-11-5-6-11)17-12-3-1-10(2-4-12)13-9-15(21)19-18-13/h1-4,9,11,16H,5-8H2,(H,17,20)(H2,18,19,21). The lowest BCUT2D eigenvalue weighted by atomic mass is 10.1. The van der Waals surface area contributed by atoms with Crippen LogP contribution in [-0.4, -0.2) is 28.7 Å². The number of H-pyrrole nitrogens is 2. The SMILES string of the molecule is O=C(CCNC1CC1)Nc1ccc(-c2cc(=O)[nH][nH]2)cc1. The molecule has 1 aliphatic rings. The first-order valence-electron chi connectivity index (χ1n) is 7.12. The monoisotopic (exact) mass is 286 g/mol. The van der Waals surface area contributed by atoms with E-state index in [-0.39, 0.29) is 11.5 Å². The Morgan fingerprint density at radius 2 is 1.95 bits per heavy atom. The van der Waals surface area contributed by atoms with Gasteiger partial charge in [0.15, 0.2) is 0 Å². The van der Waals surface area contributed by atoms with Crippen LogP contribution >= 0.6 is 0 Å². The summed E-state index contributed by atoms with van der Waals surface area (Å²) in [5.41, 5.74) is 2.21. The van der Waals surface area contributed by atoms with Crippen LogP contribution in [0.3, 0.4) is 0 Å². The predicted octanol–water partition coefficient (Wildman–Crippen LogP) is 1.45. The first-order valence-corrected chi connectivity index (χ1v) is 7.12. The first kappa shape index (κ1) is 13.6. The normalized spacial score (nSPS) is 14.1. The number of carbonyl (C=O) groups is 1. The molecule has 1 amide bonds. The van der Waals surface area contributed by atoms with Crippen molar-refractivity contribution in [2.75, 3.05) is 11.9 Å². The van der Waals surface area contributed by atoms with Crippen LogP contribution in [0, 0.1) is 0 Å². The molecule has 1 aliphatic carbocycles. The van der Waals surface area contributed by atoms with E-state index < -0.39 is 0 Å². The fourth-order valence-electron chi connectivity index (χ4n) is 2.12. The van der Waals surface area contributed by atoms with E-state index in [1.54, 1.807) is 0 Å². The lowest BCUT2D eigenvalue weighted by Crippen LogP contribution is -2.23. The Bertz CT molecular complexity index is 667. The third kappa shape index (κ3) is 3.82. The minimum Gasteiger partial charge on any atom is -0.326 e. The zero-order valence-corrected chi connectivity index (χ0v) is 11.6. The number of rotatable bonds is 6. The van der Waals surface area contributed by atoms with E-state index in [2.05, 4.69) is 20.8 Å². The molecule has 3 rings (SSSR count). The van der Waals surface area contributed by atoms with Crippen molar-refractivity contribution >= 4 is 11.6 Å². The Kier molecular flexibility index (Phi) is 3.87. The number of hydrogen-bond acceptors (Lipinski definition) is 3. The number of benzene rings is 1. The maximum absolute atomic E-state index is 11.8. The lowest BCUT2D eigenvalue weighted by molar-refractivity contribution is -0.116. The number of hydrogen-bond donors (Lipinski definition) is 4. The number of amides is 1. The molecule has 0 saturated heterocycles. The summed E-state index contributed by atoms with van der Waals surface area (Å²) in [5.74, 6) is 0.00551. The molecule has 0 atom stereocenters. The molecule has 0 unspecified atom stereocenters. The van der Waals surface area contributed by atoms with Crippen molar-refractivity contribution in [3.8, 4) is 11.3 Å². The third-order valence-corrected chi connectivity index (χ3v) is 3.44. The molecule has 6 nitrogen and oxygen atoms in total. The van der Waals surface area contributed by atoms with Crippen LogP contribution < -0.4 is 16.2 Å². The van der Waals surface area contributed by atoms with Gasteiger partial charge in [0.25, 0.3) is 5.56 Å². The highest BCUT2D eigenvalue weighted by Crippen LogP contribution is 2.19. The molecule has 1 heterocycles. The van der Waals surface area contributed by atoms with Crippen LogP contribution in [0.4, 0.5) is 5.69 Å². The van der Waals surface area contributed by atoms with Crippen LogP contribution in [0.25, 0.3) is 11.3 Å². The number of anilines is 1. The highest BCUT2D eigenvalue weighted by atomic mass is 16.1. The summed E-state index contributed by atoms with van der Waals surface area (Å²) in [6.45, 7) is 0.721. The van der Waals surface area contributed by atoms with Gasteiger partial charge in [-0.2, -0.15) is 0 Å².